The van der Waals surface area contributed by atoms with Gasteiger partial charge in [-0.05, 0) is 24.6 Å². The Bertz CT molecular complexity index is 583. The largest absolute Gasteiger partial charge is 0.486 e. The summed E-state index contributed by atoms with van der Waals surface area (Å²) in [4.78, 5) is 0. The van der Waals surface area contributed by atoms with Gasteiger partial charge in [0.15, 0.2) is 11.5 Å². The summed E-state index contributed by atoms with van der Waals surface area (Å²) < 4.78 is 11.5. The van der Waals surface area contributed by atoms with Crippen molar-refractivity contribution in [3.8, 4) is 11.5 Å². The third-order valence-corrected chi connectivity index (χ3v) is 3.71. The van der Waals surface area contributed by atoms with Crippen molar-refractivity contribution in [3.63, 3.8) is 0 Å². The van der Waals surface area contributed by atoms with E-state index in [1.54, 1.807) is 0 Å². The highest BCUT2D eigenvalue weighted by atomic mass is 16.6. The van der Waals surface area contributed by atoms with Gasteiger partial charge >= 0.3 is 0 Å². The van der Waals surface area contributed by atoms with E-state index >= 15 is 0 Å². The van der Waals surface area contributed by atoms with Crippen molar-refractivity contribution in [2.75, 3.05) is 19.8 Å². The van der Waals surface area contributed by atoms with E-state index < -0.39 is 0 Å². The van der Waals surface area contributed by atoms with Gasteiger partial charge in [-0.15, -0.1) is 0 Å². The molecule has 21 heavy (non-hydrogen) atoms. The molecule has 0 saturated heterocycles. The number of nitrogens with one attached hydrogen (secondary N) is 1. The lowest BCUT2D eigenvalue weighted by atomic mass is 9.97. The standard InChI is InChI=1S/C18H21NO2/c1-2-19-16(13-14-7-4-3-5-8-14)15-9-6-10-17-18(15)21-12-11-20-17/h3-10,16,19H,2,11-13H2,1H3. The van der Waals surface area contributed by atoms with Crippen molar-refractivity contribution < 1.29 is 9.47 Å². The molecule has 3 rings (SSSR count). The Morgan fingerprint density at radius 1 is 1.00 bits per heavy atom. The Kier molecular flexibility index (Phi) is 4.41. The second-order valence-corrected chi connectivity index (χ2v) is 5.17. The fourth-order valence-electron chi connectivity index (χ4n) is 2.76. The monoisotopic (exact) mass is 283 g/mol. The highest BCUT2D eigenvalue weighted by Crippen LogP contribution is 2.37. The molecule has 2 aromatic carbocycles. The van der Waals surface area contributed by atoms with E-state index in [1.807, 2.05) is 18.2 Å². The number of ether oxygens (including phenoxy) is 2. The molecule has 1 heterocycles. The molecule has 1 atom stereocenters. The lowest BCUT2D eigenvalue weighted by Gasteiger charge is -2.26. The fourth-order valence-corrected chi connectivity index (χ4v) is 2.76. The van der Waals surface area contributed by atoms with Gasteiger partial charge in [-0.2, -0.15) is 0 Å². The predicted molar refractivity (Wildman–Crippen MR) is 84.0 cm³/mol. The Hall–Kier alpha value is -2.00. The maximum atomic E-state index is 5.85. The quantitative estimate of drug-likeness (QED) is 0.913. The zero-order chi connectivity index (χ0) is 14.5. The maximum Gasteiger partial charge on any atom is 0.166 e. The van der Waals surface area contributed by atoms with Gasteiger partial charge in [0, 0.05) is 11.6 Å². The average Bonchev–Trinajstić information content (AvgIpc) is 2.55. The van der Waals surface area contributed by atoms with Crippen LogP contribution in [0.15, 0.2) is 48.5 Å². The molecule has 1 aliphatic rings. The van der Waals surface area contributed by atoms with Crippen LogP contribution >= 0.6 is 0 Å². The minimum absolute atomic E-state index is 0.231. The van der Waals surface area contributed by atoms with Crippen molar-refractivity contribution in [3.05, 3.63) is 59.7 Å². The molecule has 0 fully saturated rings. The summed E-state index contributed by atoms with van der Waals surface area (Å²) in [6, 6.07) is 16.9. The van der Waals surface area contributed by atoms with E-state index in [0.717, 1.165) is 24.5 Å². The minimum Gasteiger partial charge on any atom is -0.486 e. The normalized spacial score (nSPS) is 14.7. The Labute approximate surface area is 125 Å². The first kappa shape index (κ1) is 14.0. The zero-order valence-electron chi connectivity index (χ0n) is 12.3. The van der Waals surface area contributed by atoms with Gasteiger partial charge in [0.2, 0.25) is 0 Å². The molecule has 1 aliphatic heterocycles. The van der Waals surface area contributed by atoms with Crippen molar-refractivity contribution in [2.24, 2.45) is 0 Å². The minimum atomic E-state index is 0.231. The zero-order valence-corrected chi connectivity index (χ0v) is 12.3. The molecule has 0 saturated carbocycles. The second-order valence-electron chi connectivity index (χ2n) is 5.17. The molecule has 3 nitrogen and oxygen atoms in total. The van der Waals surface area contributed by atoms with E-state index in [9.17, 15) is 0 Å². The van der Waals surface area contributed by atoms with Gasteiger partial charge in [0.25, 0.3) is 0 Å². The van der Waals surface area contributed by atoms with Gasteiger partial charge in [-0.25, -0.2) is 0 Å². The molecule has 0 amide bonds. The molecule has 2 aromatic rings. The van der Waals surface area contributed by atoms with Crippen molar-refractivity contribution in [1.29, 1.82) is 0 Å². The first-order chi connectivity index (χ1) is 10.4. The van der Waals surface area contributed by atoms with Crippen LogP contribution in [-0.2, 0) is 6.42 Å². The van der Waals surface area contributed by atoms with Crippen molar-refractivity contribution in [2.45, 2.75) is 19.4 Å². The maximum absolute atomic E-state index is 5.85. The molecule has 1 unspecified atom stereocenters. The molecule has 3 heteroatoms. The first-order valence-electron chi connectivity index (χ1n) is 7.54. The summed E-state index contributed by atoms with van der Waals surface area (Å²) >= 11 is 0. The van der Waals surface area contributed by atoms with Crippen molar-refractivity contribution >= 4 is 0 Å². The van der Waals surface area contributed by atoms with Crippen LogP contribution < -0.4 is 14.8 Å². The molecule has 1 N–H and O–H groups in total. The SMILES string of the molecule is CCNC(Cc1ccccc1)c1cccc2c1OCCO2. The molecule has 0 spiro atoms. The summed E-state index contributed by atoms with van der Waals surface area (Å²) in [7, 11) is 0. The van der Waals surface area contributed by atoms with Crippen LogP contribution in [0.3, 0.4) is 0 Å². The van der Waals surface area contributed by atoms with Gasteiger partial charge in [0.05, 0.1) is 0 Å². The van der Waals surface area contributed by atoms with Crippen LogP contribution in [0.2, 0.25) is 0 Å². The summed E-state index contributed by atoms with van der Waals surface area (Å²) in [6.45, 7) is 4.29. The van der Waals surface area contributed by atoms with E-state index in [0.29, 0.717) is 13.2 Å². The molecule has 0 radical (unpaired) electrons. The van der Waals surface area contributed by atoms with Crippen LogP contribution in [0, 0.1) is 0 Å². The molecule has 0 aromatic heterocycles. The Morgan fingerprint density at radius 2 is 1.81 bits per heavy atom. The van der Waals surface area contributed by atoms with E-state index in [2.05, 4.69) is 42.6 Å². The third-order valence-electron chi connectivity index (χ3n) is 3.71. The molecule has 110 valence electrons. The molecular weight excluding hydrogens is 262 g/mol. The van der Waals surface area contributed by atoms with E-state index in [-0.39, 0.29) is 6.04 Å². The smallest absolute Gasteiger partial charge is 0.166 e. The van der Waals surface area contributed by atoms with Gasteiger partial charge in [-0.1, -0.05) is 49.4 Å². The summed E-state index contributed by atoms with van der Waals surface area (Å²) in [5.41, 5.74) is 2.50. The highest BCUT2D eigenvalue weighted by Gasteiger charge is 2.21. The molecule has 0 bridgehead atoms. The highest BCUT2D eigenvalue weighted by molar-refractivity contribution is 5.49. The predicted octanol–water partition coefficient (Wildman–Crippen LogP) is 3.35. The second kappa shape index (κ2) is 6.64. The number of fused-ring (bicyclic) bond motifs is 1. The summed E-state index contributed by atoms with van der Waals surface area (Å²) in [5.74, 6) is 1.75. The number of hydrogen-bond donors (Lipinski definition) is 1. The van der Waals surface area contributed by atoms with Crippen LogP contribution in [-0.4, -0.2) is 19.8 Å². The fraction of sp³-hybridized carbons (Fsp3) is 0.333. The number of para-hydroxylation sites is 1. The third kappa shape index (κ3) is 3.19. The number of likely N-dealkylation sites (N-methyl/N-ethyl adjacent to an activating group) is 1. The first-order valence-corrected chi connectivity index (χ1v) is 7.54. The van der Waals surface area contributed by atoms with Crippen LogP contribution in [0.5, 0.6) is 11.5 Å². The lowest BCUT2D eigenvalue weighted by molar-refractivity contribution is 0.168. The number of hydrogen-bond acceptors (Lipinski definition) is 3. The average molecular weight is 283 g/mol. The van der Waals surface area contributed by atoms with Gasteiger partial charge in [0.1, 0.15) is 13.2 Å². The number of rotatable bonds is 5. The van der Waals surface area contributed by atoms with Crippen LogP contribution in [0.25, 0.3) is 0 Å². The summed E-state index contributed by atoms with van der Waals surface area (Å²) in [5, 5.41) is 3.56. The molecular formula is C18H21NO2. The topological polar surface area (TPSA) is 30.5 Å². The number of benzene rings is 2. The van der Waals surface area contributed by atoms with Crippen molar-refractivity contribution in [1.82, 2.24) is 5.32 Å². The van der Waals surface area contributed by atoms with Crippen LogP contribution in [0.4, 0.5) is 0 Å². The van der Waals surface area contributed by atoms with Gasteiger partial charge in [-0.3, -0.25) is 0 Å². The molecule has 0 aliphatic carbocycles. The van der Waals surface area contributed by atoms with Gasteiger partial charge < -0.3 is 14.8 Å². The Morgan fingerprint density at radius 3 is 2.62 bits per heavy atom. The Balaban J connectivity index is 1.90. The summed E-state index contributed by atoms with van der Waals surface area (Å²) in [6.07, 6.45) is 0.939. The van der Waals surface area contributed by atoms with E-state index in [4.69, 9.17) is 9.47 Å². The van der Waals surface area contributed by atoms with E-state index in [1.165, 1.54) is 11.1 Å². The lowest BCUT2D eigenvalue weighted by Crippen LogP contribution is -2.25. The van der Waals surface area contributed by atoms with Crippen LogP contribution in [0.1, 0.15) is 24.1 Å².